The van der Waals surface area contributed by atoms with Gasteiger partial charge in [0.2, 0.25) is 0 Å². The van der Waals surface area contributed by atoms with Crippen LogP contribution in [0.2, 0.25) is 0 Å². The fourth-order valence-electron chi connectivity index (χ4n) is 1.99. The van der Waals surface area contributed by atoms with Crippen molar-refractivity contribution < 1.29 is 4.39 Å². The zero-order chi connectivity index (χ0) is 14.7. The Morgan fingerprint density at radius 1 is 1.05 bits per heavy atom. The molecule has 1 aromatic heterocycles. The smallest absolute Gasteiger partial charge is 0.139 e. The number of aromatic nitrogens is 3. The van der Waals surface area contributed by atoms with Crippen LogP contribution in [0.1, 0.15) is 5.56 Å². The minimum absolute atomic E-state index is 0.309. The molecule has 6 heteroatoms. The molecule has 1 N–H and O–H groups in total. The molecule has 0 bridgehead atoms. The first kappa shape index (κ1) is 12.8. The summed E-state index contributed by atoms with van der Waals surface area (Å²) in [6.45, 7) is 0. The summed E-state index contributed by atoms with van der Waals surface area (Å²) in [6.07, 6.45) is 3.05. The van der Waals surface area contributed by atoms with Crippen molar-refractivity contribution in [2.24, 2.45) is 0 Å². The van der Waals surface area contributed by atoms with E-state index in [2.05, 4.69) is 21.7 Å². The summed E-state index contributed by atoms with van der Waals surface area (Å²) in [5.41, 5.74) is 5.87. The Kier molecular flexibility index (Phi) is 3.31. The fourth-order valence-corrected chi connectivity index (χ4v) is 1.99. The number of benzene rings is 2. The van der Waals surface area contributed by atoms with Gasteiger partial charge in [-0.2, -0.15) is 5.26 Å². The van der Waals surface area contributed by atoms with E-state index in [1.165, 1.54) is 24.8 Å². The van der Waals surface area contributed by atoms with Crippen molar-refractivity contribution in [3.05, 3.63) is 66.5 Å². The topological polar surface area (TPSA) is 66.5 Å². The molecular formula is C15H10FN5. The highest BCUT2D eigenvalue weighted by Crippen LogP contribution is 2.27. The van der Waals surface area contributed by atoms with Gasteiger partial charge in [0.25, 0.3) is 0 Å². The summed E-state index contributed by atoms with van der Waals surface area (Å²) < 4.78 is 14.6. The number of rotatable bonds is 3. The summed E-state index contributed by atoms with van der Waals surface area (Å²) in [7, 11) is 0. The molecule has 102 valence electrons. The average molecular weight is 279 g/mol. The zero-order valence-electron chi connectivity index (χ0n) is 10.9. The van der Waals surface area contributed by atoms with Crippen molar-refractivity contribution in [1.82, 2.24) is 14.9 Å². The van der Waals surface area contributed by atoms with Gasteiger partial charge in [0, 0.05) is 5.56 Å². The highest BCUT2D eigenvalue weighted by atomic mass is 19.1. The number of anilines is 1. The van der Waals surface area contributed by atoms with E-state index < -0.39 is 0 Å². The van der Waals surface area contributed by atoms with E-state index in [1.54, 1.807) is 28.9 Å². The standard InChI is InChI=1S/C15H10FN5/c16-13-4-1-11(2-5-13)15-7-14(6-3-12(15)8-17)20-21-9-18-19-10-21/h1-7,9-10,20H. The predicted molar refractivity (Wildman–Crippen MR) is 75.6 cm³/mol. The van der Waals surface area contributed by atoms with E-state index in [1.807, 2.05) is 6.07 Å². The summed E-state index contributed by atoms with van der Waals surface area (Å²) >= 11 is 0. The third-order valence-corrected chi connectivity index (χ3v) is 2.97. The first-order chi connectivity index (χ1) is 10.3. The molecule has 2 aromatic carbocycles. The molecule has 3 rings (SSSR count). The van der Waals surface area contributed by atoms with Crippen LogP contribution in [0.3, 0.4) is 0 Å². The van der Waals surface area contributed by atoms with Crippen molar-refractivity contribution in [3.63, 3.8) is 0 Å². The number of hydrogen-bond acceptors (Lipinski definition) is 4. The van der Waals surface area contributed by atoms with Crippen LogP contribution in [0.5, 0.6) is 0 Å². The molecule has 0 saturated carbocycles. The van der Waals surface area contributed by atoms with Crippen LogP contribution in [0.4, 0.5) is 10.1 Å². The lowest BCUT2D eigenvalue weighted by atomic mass is 10.00. The van der Waals surface area contributed by atoms with Crippen molar-refractivity contribution in [2.45, 2.75) is 0 Å². The largest absolute Gasteiger partial charge is 0.292 e. The molecule has 0 aliphatic carbocycles. The van der Waals surface area contributed by atoms with Gasteiger partial charge in [-0.05, 0) is 35.9 Å². The quantitative estimate of drug-likeness (QED) is 0.800. The highest BCUT2D eigenvalue weighted by Gasteiger charge is 2.07. The molecule has 0 atom stereocenters. The minimum atomic E-state index is -0.309. The van der Waals surface area contributed by atoms with Crippen LogP contribution >= 0.6 is 0 Å². The SMILES string of the molecule is N#Cc1ccc(Nn2cnnc2)cc1-c1ccc(F)cc1. The second-order valence-electron chi connectivity index (χ2n) is 4.36. The lowest BCUT2D eigenvalue weighted by molar-refractivity contribution is 0.628. The Bertz CT molecular complexity index is 788. The molecule has 0 amide bonds. The first-order valence-electron chi connectivity index (χ1n) is 6.18. The average Bonchev–Trinajstić information content (AvgIpc) is 3.01. The zero-order valence-corrected chi connectivity index (χ0v) is 10.9. The molecule has 1 heterocycles. The Balaban J connectivity index is 2.01. The van der Waals surface area contributed by atoms with Crippen LogP contribution in [0, 0.1) is 17.1 Å². The Morgan fingerprint density at radius 3 is 2.43 bits per heavy atom. The maximum Gasteiger partial charge on any atom is 0.139 e. The summed E-state index contributed by atoms with van der Waals surface area (Å²) in [5, 5.41) is 16.6. The van der Waals surface area contributed by atoms with Gasteiger partial charge in [0.1, 0.15) is 18.5 Å². The highest BCUT2D eigenvalue weighted by molar-refractivity contribution is 5.74. The monoisotopic (exact) mass is 279 g/mol. The van der Waals surface area contributed by atoms with Gasteiger partial charge in [-0.3, -0.25) is 5.43 Å². The Morgan fingerprint density at radius 2 is 1.76 bits per heavy atom. The number of nitriles is 1. The summed E-state index contributed by atoms with van der Waals surface area (Å²) in [4.78, 5) is 0. The van der Waals surface area contributed by atoms with E-state index in [0.29, 0.717) is 5.56 Å². The van der Waals surface area contributed by atoms with Crippen molar-refractivity contribution in [1.29, 1.82) is 5.26 Å². The number of hydrogen-bond donors (Lipinski definition) is 1. The van der Waals surface area contributed by atoms with Gasteiger partial charge in [-0.1, -0.05) is 12.1 Å². The third kappa shape index (κ3) is 2.72. The second kappa shape index (κ2) is 5.43. The van der Waals surface area contributed by atoms with Gasteiger partial charge >= 0.3 is 0 Å². The lowest BCUT2D eigenvalue weighted by Crippen LogP contribution is -2.06. The van der Waals surface area contributed by atoms with E-state index in [4.69, 9.17) is 0 Å². The fraction of sp³-hybridized carbons (Fsp3) is 0. The van der Waals surface area contributed by atoms with Gasteiger partial charge in [-0.15, -0.1) is 10.2 Å². The molecule has 0 unspecified atom stereocenters. The molecule has 0 aliphatic rings. The molecule has 0 fully saturated rings. The molecule has 0 radical (unpaired) electrons. The molecule has 3 aromatic rings. The molecular weight excluding hydrogens is 269 g/mol. The normalized spacial score (nSPS) is 10.1. The van der Waals surface area contributed by atoms with E-state index in [9.17, 15) is 9.65 Å². The molecule has 21 heavy (non-hydrogen) atoms. The summed E-state index contributed by atoms with van der Waals surface area (Å²) in [5.74, 6) is -0.309. The Labute approximate surface area is 120 Å². The van der Waals surface area contributed by atoms with E-state index >= 15 is 0 Å². The van der Waals surface area contributed by atoms with Crippen molar-refractivity contribution in [2.75, 3.05) is 5.43 Å². The van der Waals surface area contributed by atoms with Gasteiger partial charge in [0.05, 0.1) is 17.3 Å². The van der Waals surface area contributed by atoms with Crippen LogP contribution in [0.15, 0.2) is 55.1 Å². The van der Waals surface area contributed by atoms with Crippen LogP contribution in [0.25, 0.3) is 11.1 Å². The maximum absolute atomic E-state index is 13.0. The van der Waals surface area contributed by atoms with Crippen LogP contribution in [-0.2, 0) is 0 Å². The number of nitrogens with one attached hydrogen (secondary N) is 1. The molecule has 0 spiro atoms. The minimum Gasteiger partial charge on any atom is -0.292 e. The maximum atomic E-state index is 13.0. The lowest BCUT2D eigenvalue weighted by Gasteiger charge is -2.10. The molecule has 0 saturated heterocycles. The molecule has 5 nitrogen and oxygen atoms in total. The number of halogens is 1. The van der Waals surface area contributed by atoms with Gasteiger partial charge in [0.15, 0.2) is 0 Å². The first-order valence-corrected chi connectivity index (χ1v) is 6.18. The van der Waals surface area contributed by atoms with Gasteiger partial charge in [-0.25, -0.2) is 9.07 Å². The summed E-state index contributed by atoms with van der Waals surface area (Å²) in [6, 6.07) is 13.5. The van der Waals surface area contributed by atoms with E-state index in [0.717, 1.165) is 16.8 Å². The molecule has 0 aliphatic heterocycles. The predicted octanol–water partition coefficient (Wildman–Crippen LogP) is 2.83. The van der Waals surface area contributed by atoms with E-state index in [-0.39, 0.29) is 5.82 Å². The van der Waals surface area contributed by atoms with Crippen LogP contribution < -0.4 is 5.43 Å². The third-order valence-electron chi connectivity index (χ3n) is 2.97. The van der Waals surface area contributed by atoms with Crippen molar-refractivity contribution in [3.8, 4) is 17.2 Å². The van der Waals surface area contributed by atoms with Gasteiger partial charge < -0.3 is 0 Å². The second-order valence-corrected chi connectivity index (χ2v) is 4.36. The Hall–Kier alpha value is -3.20. The van der Waals surface area contributed by atoms with Crippen molar-refractivity contribution >= 4 is 5.69 Å². The van der Waals surface area contributed by atoms with Crippen LogP contribution in [-0.4, -0.2) is 14.9 Å². The number of nitrogens with zero attached hydrogens (tertiary/aromatic N) is 4.